The van der Waals surface area contributed by atoms with Gasteiger partial charge in [-0.25, -0.2) is 4.39 Å². The van der Waals surface area contributed by atoms with Crippen molar-refractivity contribution >= 4 is 15.9 Å². The molecule has 0 aliphatic carbocycles. The zero-order valence-corrected chi connectivity index (χ0v) is 12.2. The highest BCUT2D eigenvalue weighted by molar-refractivity contribution is 9.10. The first-order valence-corrected chi connectivity index (χ1v) is 6.59. The number of aryl methyl sites for hydroxylation is 1. The largest absolute Gasteiger partial charge is 0.496 e. The van der Waals surface area contributed by atoms with Gasteiger partial charge < -0.3 is 9.84 Å². The lowest BCUT2D eigenvalue weighted by Crippen LogP contribution is -2.05. The number of aliphatic hydroxyl groups is 1. The third-order valence-electron chi connectivity index (χ3n) is 2.94. The minimum Gasteiger partial charge on any atom is -0.496 e. The van der Waals surface area contributed by atoms with Crippen molar-refractivity contribution in [3.05, 3.63) is 63.4 Å². The second kappa shape index (κ2) is 5.72. The lowest BCUT2D eigenvalue weighted by Gasteiger charge is -2.16. The third kappa shape index (κ3) is 2.96. The summed E-state index contributed by atoms with van der Waals surface area (Å²) in [6.07, 6.45) is -1.05. The number of aliphatic hydroxyl groups excluding tert-OH is 1. The van der Waals surface area contributed by atoms with E-state index in [-0.39, 0.29) is 5.56 Å². The maximum absolute atomic E-state index is 13.9. The number of halogens is 2. The Hall–Kier alpha value is -1.39. The molecule has 0 saturated carbocycles. The van der Waals surface area contributed by atoms with E-state index < -0.39 is 11.9 Å². The molecule has 0 amide bonds. The van der Waals surface area contributed by atoms with Crippen LogP contribution in [0.15, 0.2) is 40.9 Å². The number of benzene rings is 2. The number of rotatable bonds is 3. The molecule has 0 aliphatic heterocycles. The minimum atomic E-state index is -1.05. The quantitative estimate of drug-likeness (QED) is 0.925. The molecule has 0 aromatic heterocycles. The van der Waals surface area contributed by atoms with Gasteiger partial charge in [-0.1, -0.05) is 33.6 Å². The molecule has 4 heteroatoms. The molecule has 0 fully saturated rings. The number of ether oxygens (including phenoxy) is 1. The Bertz CT molecular complexity index is 599. The van der Waals surface area contributed by atoms with Gasteiger partial charge in [-0.3, -0.25) is 0 Å². The van der Waals surface area contributed by atoms with Crippen LogP contribution in [0.3, 0.4) is 0 Å². The lowest BCUT2D eigenvalue weighted by molar-refractivity contribution is 0.209. The van der Waals surface area contributed by atoms with E-state index in [0.717, 1.165) is 5.56 Å². The van der Waals surface area contributed by atoms with Crippen molar-refractivity contribution in [2.24, 2.45) is 0 Å². The van der Waals surface area contributed by atoms with E-state index in [9.17, 15) is 9.50 Å². The fourth-order valence-corrected chi connectivity index (χ4v) is 2.29. The van der Waals surface area contributed by atoms with Crippen LogP contribution >= 0.6 is 15.9 Å². The standard InChI is InChI=1S/C15H14BrFO2/c1-9-3-6-14(19-2)12(7-9)15(18)11-5-4-10(16)8-13(11)17/h3-8,15,18H,1-2H3. The molecule has 0 aliphatic rings. The highest BCUT2D eigenvalue weighted by atomic mass is 79.9. The first kappa shape index (κ1) is 14.0. The van der Waals surface area contributed by atoms with Gasteiger partial charge in [0.05, 0.1) is 7.11 Å². The van der Waals surface area contributed by atoms with Crippen LogP contribution in [0.1, 0.15) is 22.8 Å². The molecule has 0 saturated heterocycles. The Morgan fingerprint density at radius 3 is 2.53 bits per heavy atom. The highest BCUT2D eigenvalue weighted by Crippen LogP contribution is 2.32. The van der Waals surface area contributed by atoms with Crippen LogP contribution in [0.25, 0.3) is 0 Å². The van der Waals surface area contributed by atoms with Crippen LogP contribution in [-0.2, 0) is 0 Å². The van der Waals surface area contributed by atoms with E-state index >= 15 is 0 Å². The molecule has 0 spiro atoms. The molecule has 2 rings (SSSR count). The molecule has 2 aromatic rings. The molecule has 2 aromatic carbocycles. The van der Waals surface area contributed by atoms with Gasteiger partial charge in [0.2, 0.25) is 0 Å². The summed E-state index contributed by atoms with van der Waals surface area (Å²) in [6.45, 7) is 1.91. The van der Waals surface area contributed by atoms with Gasteiger partial charge in [-0.05, 0) is 31.2 Å². The Morgan fingerprint density at radius 2 is 1.89 bits per heavy atom. The predicted octanol–water partition coefficient (Wildman–Crippen LogP) is 3.99. The highest BCUT2D eigenvalue weighted by Gasteiger charge is 2.19. The van der Waals surface area contributed by atoms with Gasteiger partial charge >= 0.3 is 0 Å². The predicted molar refractivity (Wildman–Crippen MR) is 75.9 cm³/mol. The number of hydrogen-bond acceptors (Lipinski definition) is 2. The summed E-state index contributed by atoms with van der Waals surface area (Å²) in [6, 6.07) is 10.0. The summed E-state index contributed by atoms with van der Waals surface area (Å²) in [5.74, 6) is 0.0888. The normalized spacial score (nSPS) is 12.3. The smallest absolute Gasteiger partial charge is 0.130 e. The van der Waals surface area contributed by atoms with E-state index in [1.54, 1.807) is 24.3 Å². The molecule has 1 N–H and O–H groups in total. The third-order valence-corrected chi connectivity index (χ3v) is 3.43. The first-order chi connectivity index (χ1) is 9.02. The van der Waals surface area contributed by atoms with Crippen molar-refractivity contribution in [3.63, 3.8) is 0 Å². The van der Waals surface area contributed by atoms with Crippen LogP contribution in [-0.4, -0.2) is 12.2 Å². The Balaban J connectivity index is 2.49. The summed E-state index contributed by atoms with van der Waals surface area (Å²) in [7, 11) is 1.53. The summed E-state index contributed by atoms with van der Waals surface area (Å²) >= 11 is 3.20. The van der Waals surface area contributed by atoms with Gasteiger partial charge in [0.15, 0.2) is 0 Å². The molecule has 0 radical (unpaired) electrons. The lowest BCUT2D eigenvalue weighted by atomic mass is 9.98. The Kier molecular flexibility index (Phi) is 4.22. The molecule has 0 heterocycles. The van der Waals surface area contributed by atoms with E-state index in [0.29, 0.717) is 15.8 Å². The van der Waals surface area contributed by atoms with Crippen LogP contribution in [0.4, 0.5) is 4.39 Å². The number of methoxy groups -OCH3 is 1. The summed E-state index contributed by atoms with van der Waals surface area (Å²) in [5.41, 5.74) is 1.77. The van der Waals surface area contributed by atoms with Crippen LogP contribution in [0.2, 0.25) is 0 Å². The molecular formula is C15H14BrFO2. The van der Waals surface area contributed by atoms with Crippen molar-refractivity contribution < 1.29 is 14.2 Å². The summed E-state index contributed by atoms with van der Waals surface area (Å²) in [5, 5.41) is 10.4. The molecule has 19 heavy (non-hydrogen) atoms. The van der Waals surface area contributed by atoms with Gasteiger partial charge in [0.25, 0.3) is 0 Å². The van der Waals surface area contributed by atoms with Crippen molar-refractivity contribution in [2.45, 2.75) is 13.0 Å². The molecule has 100 valence electrons. The maximum atomic E-state index is 13.9. The second-order valence-corrected chi connectivity index (χ2v) is 5.23. The number of hydrogen-bond donors (Lipinski definition) is 1. The topological polar surface area (TPSA) is 29.5 Å². The molecule has 1 atom stereocenters. The summed E-state index contributed by atoms with van der Waals surface area (Å²) < 4.78 is 19.7. The Morgan fingerprint density at radius 1 is 1.16 bits per heavy atom. The minimum absolute atomic E-state index is 0.229. The van der Waals surface area contributed by atoms with Gasteiger partial charge in [0, 0.05) is 15.6 Å². The van der Waals surface area contributed by atoms with Gasteiger partial charge in [-0.15, -0.1) is 0 Å². The monoisotopic (exact) mass is 324 g/mol. The molecular weight excluding hydrogens is 311 g/mol. The van der Waals surface area contributed by atoms with Gasteiger partial charge in [-0.2, -0.15) is 0 Å². The van der Waals surface area contributed by atoms with Crippen molar-refractivity contribution in [1.29, 1.82) is 0 Å². The first-order valence-electron chi connectivity index (χ1n) is 5.80. The van der Waals surface area contributed by atoms with E-state index in [1.807, 2.05) is 13.0 Å². The maximum Gasteiger partial charge on any atom is 0.130 e. The van der Waals surface area contributed by atoms with Crippen LogP contribution in [0.5, 0.6) is 5.75 Å². The average molecular weight is 325 g/mol. The summed E-state index contributed by atoms with van der Waals surface area (Å²) in [4.78, 5) is 0. The van der Waals surface area contributed by atoms with E-state index in [1.165, 1.54) is 13.2 Å². The van der Waals surface area contributed by atoms with Crippen molar-refractivity contribution in [1.82, 2.24) is 0 Å². The molecule has 2 nitrogen and oxygen atoms in total. The molecule has 1 unspecified atom stereocenters. The fourth-order valence-electron chi connectivity index (χ4n) is 1.96. The zero-order valence-electron chi connectivity index (χ0n) is 10.7. The van der Waals surface area contributed by atoms with Crippen LogP contribution < -0.4 is 4.74 Å². The van der Waals surface area contributed by atoms with Gasteiger partial charge in [0.1, 0.15) is 17.7 Å². The van der Waals surface area contributed by atoms with Crippen LogP contribution in [0, 0.1) is 12.7 Å². The van der Waals surface area contributed by atoms with Crippen molar-refractivity contribution in [3.8, 4) is 5.75 Å². The average Bonchev–Trinajstić information content (AvgIpc) is 2.38. The van der Waals surface area contributed by atoms with Crippen molar-refractivity contribution in [2.75, 3.05) is 7.11 Å². The van der Waals surface area contributed by atoms with E-state index in [2.05, 4.69) is 15.9 Å². The van der Waals surface area contributed by atoms with E-state index in [4.69, 9.17) is 4.74 Å². The zero-order chi connectivity index (χ0) is 14.0. The molecule has 0 bridgehead atoms. The Labute approximate surface area is 120 Å². The second-order valence-electron chi connectivity index (χ2n) is 4.31. The SMILES string of the molecule is COc1ccc(C)cc1C(O)c1ccc(Br)cc1F. The fraction of sp³-hybridized carbons (Fsp3) is 0.200.